The Kier molecular flexibility index (Phi) is 5.77. The van der Waals surface area contributed by atoms with Gasteiger partial charge in [-0.1, -0.05) is 11.6 Å². The van der Waals surface area contributed by atoms with E-state index in [1.54, 1.807) is 29.2 Å². The van der Waals surface area contributed by atoms with Crippen LogP contribution in [0.25, 0.3) is 10.9 Å². The number of hydrogen-bond donors (Lipinski definition) is 5. The molecule has 4 aromatic rings. The molecule has 1 aromatic carbocycles. The Morgan fingerprint density at radius 3 is 2.71 bits per heavy atom. The van der Waals surface area contributed by atoms with E-state index < -0.39 is 11.8 Å². The second-order valence-corrected chi connectivity index (χ2v) is 7.99. The van der Waals surface area contributed by atoms with E-state index >= 15 is 0 Å². The lowest BCUT2D eigenvalue weighted by atomic mass is 10.1. The molecule has 1 aliphatic heterocycles. The number of nitrogens with zero attached hydrogens (tertiary/aromatic N) is 5. The first-order chi connectivity index (χ1) is 16.9. The van der Waals surface area contributed by atoms with Crippen LogP contribution in [0.15, 0.2) is 54.8 Å². The molecule has 13 heteroatoms. The summed E-state index contributed by atoms with van der Waals surface area (Å²) in [5, 5.41) is 21.1. The highest BCUT2D eigenvalue weighted by Gasteiger charge is 2.23. The van der Waals surface area contributed by atoms with Gasteiger partial charge in [0.05, 0.1) is 45.1 Å². The number of anilines is 3. The molecule has 1 aliphatic rings. The minimum atomic E-state index is -1.22. The number of pyridine rings is 2. The fourth-order valence-electron chi connectivity index (χ4n) is 3.75. The second kappa shape index (κ2) is 9.05. The number of hydrazine groups is 2. The molecule has 5 N–H and O–H groups in total. The average Bonchev–Trinajstić information content (AvgIpc) is 3.52. The van der Waals surface area contributed by atoms with Crippen LogP contribution in [0.2, 0.25) is 5.02 Å². The SMILES string of the molecule is Cn1nccc1[C@H](Nc1cc(Cl)c2ncc(C#N)c(Nc3cnc(F)c(F)c3)c2c1)C1=CNNN1. The molecule has 176 valence electrons. The number of hydrogen-bond acceptors (Lipinski definition) is 9. The van der Waals surface area contributed by atoms with Crippen molar-refractivity contribution in [3.8, 4) is 6.07 Å². The highest BCUT2D eigenvalue weighted by Crippen LogP contribution is 2.36. The largest absolute Gasteiger partial charge is 0.371 e. The minimum absolute atomic E-state index is 0.160. The summed E-state index contributed by atoms with van der Waals surface area (Å²) in [4.78, 5) is 7.71. The summed E-state index contributed by atoms with van der Waals surface area (Å²) in [6.45, 7) is 0. The quantitative estimate of drug-likeness (QED) is 0.256. The van der Waals surface area contributed by atoms with Gasteiger partial charge in [-0.05, 0) is 18.2 Å². The molecule has 0 amide bonds. The Labute approximate surface area is 202 Å². The van der Waals surface area contributed by atoms with E-state index in [1.165, 1.54) is 6.20 Å². The molecule has 10 nitrogen and oxygen atoms in total. The standard InChI is InChI=1S/C22H17ClF2N10/c1-35-18(2-3-30-35)21(17-10-29-34-33-17)31-12-4-14-19(32-13-6-16(24)22(25)28-9-13)11(7-26)8-27-20(14)15(23)5-12/h2-6,8-10,21,29,31,33-34H,1H3,(H,27,32)/t21-/m1/s1. The highest BCUT2D eigenvalue weighted by atomic mass is 35.5. The van der Waals surface area contributed by atoms with Crippen molar-refractivity contribution in [1.29, 1.82) is 5.26 Å². The van der Waals surface area contributed by atoms with Crippen LogP contribution in [0.1, 0.15) is 17.3 Å². The third kappa shape index (κ3) is 4.25. The lowest BCUT2D eigenvalue weighted by Gasteiger charge is -2.22. The van der Waals surface area contributed by atoms with Crippen molar-refractivity contribution in [2.24, 2.45) is 7.05 Å². The Morgan fingerprint density at radius 2 is 2.03 bits per heavy atom. The van der Waals surface area contributed by atoms with E-state index in [9.17, 15) is 14.0 Å². The van der Waals surface area contributed by atoms with Gasteiger partial charge >= 0.3 is 0 Å². The van der Waals surface area contributed by atoms with E-state index in [2.05, 4.69) is 48.2 Å². The molecule has 0 aliphatic carbocycles. The lowest BCUT2D eigenvalue weighted by molar-refractivity contribution is 0.480. The van der Waals surface area contributed by atoms with Gasteiger partial charge in [-0.25, -0.2) is 9.37 Å². The molecule has 35 heavy (non-hydrogen) atoms. The molecule has 0 bridgehead atoms. The van der Waals surface area contributed by atoms with Gasteiger partial charge in [0, 0.05) is 42.8 Å². The van der Waals surface area contributed by atoms with Crippen molar-refractivity contribution in [1.82, 2.24) is 36.1 Å². The van der Waals surface area contributed by atoms with E-state index in [0.29, 0.717) is 27.3 Å². The zero-order valence-corrected chi connectivity index (χ0v) is 18.8. The van der Waals surface area contributed by atoms with Crippen LogP contribution in [0.5, 0.6) is 0 Å². The maximum absolute atomic E-state index is 13.8. The summed E-state index contributed by atoms with van der Waals surface area (Å²) >= 11 is 6.57. The summed E-state index contributed by atoms with van der Waals surface area (Å²) in [5.74, 6) is -2.34. The number of nitriles is 1. The van der Waals surface area contributed by atoms with E-state index in [-0.39, 0.29) is 17.3 Å². The van der Waals surface area contributed by atoms with E-state index in [1.807, 2.05) is 13.1 Å². The van der Waals surface area contributed by atoms with Gasteiger partial charge in [0.25, 0.3) is 0 Å². The number of rotatable bonds is 6. The van der Waals surface area contributed by atoms with Gasteiger partial charge in [-0.3, -0.25) is 9.67 Å². The highest BCUT2D eigenvalue weighted by molar-refractivity contribution is 6.36. The van der Waals surface area contributed by atoms with Crippen LogP contribution in [0, 0.1) is 23.1 Å². The van der Waals surface area contributed by atoms with Crippen molar-refractivity contribution >= 4 is 39.6 Å². The molecule has 0 saturated heterocycles. The molecule has 0 saturated carbocycles. The van der Waals surface area contributed by atoms with Crippen LogP contribution in [-0.2, 0) is 7.05 Å². The van der Waals surface area contributed by atoms with Gasteiger partial charge in [-0.2, -0.15) is 20.3 Å². The van der Waals surface area contributed by atoms with Gasteiger partial charge < -0.3 is 21.5 Å². The first kappa shape index (κ1) is 22.3. The Hall–Kier alpha value is -4.47. The molecule has 1 atom stereocenters. The fraction of sp³-hybridized carbons (Fsp3) is 0.0909. The Bertz CT molecular complexity index is 1510. The van der Waals surface area contributed by atoms with Crippen molar-refractivity contribution in [2.45, 2.75) is 6.04 Å². The van der Waals surface area contributed by atoms with Gasteiger partial charge in [0.1, 0.15) is 12.1 Å². The molecule has 0 spiro atoms. The van der Waals surface area contributed by atoms with Crippen molar-refractivity contribution < 1.29 is 8.78 Å². The monoisotopic (exact) mass is 494 g/mol. The van der Waals surface area contributed by atoms with Crippen LogP contribution < -0.4 is 27.0 Å². The summed E-state index contributed by atoms with van der Waals surface area (Å²) in [7, 11) is 1.83. The molecule has 0 radical (unpaired) electrons. The molecule has 0 fully saturated rings. The molecular weight excluding hydrogens is 478 g/mol. The lowest BCUT2D eigenvalue weighted by Crippen LogP contribution is -2.34. The average molecular weight is 495 g/mol. The second-order valence-electron chi connectivity index (χ2n) is 7.59. The summed E-state index contributed by atoms with van der Waals surface area (Å²) in [6.07, 6.45) is 5.95. The number of nitrogens with one attached hydrogen (secondary N) is 5. The van der Waals surface area contributed by atoms with Crippen LogP contribution >= 0.6 is 11.6 Å². The fourth-order valence-corrected chi connectivity index (χ4v) is 4.02. The number of aromatic nitrogens is 4. The van der Waals surface area contributed by atoms with Crippen molar-refractivity contribution in [2.75, 3.05) is 10.6 Å². The Balaban J connectivity index is 1.60. The molecule has 0 unspecified atom stereocenters. The van der Waals surface area contributed by atoms with Crippen LogP contribution in [-0.4, -0.2) is 19.7 Å². The maximum Gasteiger partial charge on any atom is 0.249 e. The van der Waals surface area contributed by atoms with Crippen molar-refractivity contribution in [3.63, 3.8) is 0 Å². The zero-order valence-electron chi connectivity index (χ0n) is 18.1. The van der Waals surface area contributed by atoms with E-state index in [0.717, 1.165) is 23.7 Å². The number of benzene rings is 1. The van der Waals surface area contributed by atoms with Gasteiger partial charge in [0.2, 0.25) is 5.95 Å². The first-order valence-electron chi connectivity index (χ1n) is 10.3. The topological polar surface area (TPSA) is 128 Å². The number of fused-ring (bicyclic) bond motifs is 1. The summed E-state index contributed by atoms with van der Waals surface area (Å²) < 4.78 is 28.8. The number of aryl methyl sites for hydroxylation is 1. The first-order valence-corrected chi connectivity index (χ1v) is 10.6. The van der Waals surface area contributed by atoms with Crippen LogP contribution in [0.4, 0.5) is 25.8 Å². The normalized spacial score (nSPS) is 13.5. The zero-order chi connectivity index (χ0) is 24.5. The van der Waals surface area contributed by atoms with E-state index in [4.69, 9.17) is 11.6 Å². The van der Waals surface area contributed by atoms with Crippen LogP contribution in [0.3, 0.4) is 0 Å². The Morgan fingerprint density at radius 1 is 1.17 bits per heavy atom. The number of halogens is 3. The predicted octanol–water partition coefficient (Wildman–Crippen LogP) is 3.52. The molecule has 5 rings (SSSR count). The molecule has 4 heterocycles. The minimum Gasteiger partial charge on any atom is -0.371 e. The van der Waals surface area contributed by atoms with Gasteiger partial charge in [0.15, 0.2) is 5.82 Å². The smallest absolute Gasteiger partial charge is 0.249 e. The third-order valence-electron chi connectivity index (χ3n) is 5.39. The molecular formula is C22H17ClF2N10. The van der Waals surface area contributed by atoms with Crippen molar-refractivity contribution in [3.05, 3.63) is 82.8 Å². The third-order valence-corrected chi connectivity index (χ3v) is 5.68. The maximum atomic E-state index is 13.8. The predicted molar refractivity (Wildman–Crippen MR) is 126 cm³/mol. The molecule has 3 aromatic heterocycles. The van der Waals surface area contributed by atoms with Gasteiger partial charge in [-0.15, -0.1) is 0 Å². The summed E-state index contributed by atoms with van der Waals surface area (Å²) in [6, 6.07) is 8.03. The summed E-state index contributed by atoms with van der Waals surface area (Å²) in [5.41, 5.74) is 12.1.